The Morgan fingerprint density at radius 3 is 2.35 bits per heavy atom. The van der Waals surface area contributed by atoms with Crippen LogP contribution in [0.5, 0.6) is 0 Å². The van der Waals surface area contributed by atoms with Gasteiger partial charge in [0.1, 0.15) is 6.54 Å². The van der Waals surface area contributed by atoms with E-state index in [1.54, 1.807) is 18.2 Å². The van der Waals surface area contributed by atoms with Gasteiger partial charge in [-0.05, 0) is 28.1 Å². The molecule has 0 radical (unpaired) electrons. The number of nitrogens with one attached hydrogen (secondary N) is 2. The molecule has 4 nitrogen and oxygen atoms in total. The molecule has 96 valence electrons. The van der Waals surface area contributed by atoms with E-state index in [-0.39, 0.29) is 5.69 Å². The van der Waals surface area contributed by atoms with Crippen LogP contribution >= 0.6 is 15.9 Å². The van der Waals surface area contributed by atoms with Gasteiger partial charge < -0.3 is 0 Å². The van der Waals surface area contributed by atoms with Gasteiger partial charge in [-0.15, -0.1) is 0 Å². The number of rotatable bonds is 4. The highest BCUT2D eigenvalue weighted by Crippen LogP contribution is 2.22. The van der Waals surface area contributed by atoms with E-state index in [4.69, 9.17) is 0 Å². The van der Waals surface area contributed by atoms with Gasteiger partial charge in [-0.2, -0.15) is 26.3 Å². The number of benzene rings is 1. The molecular formula is C8H8BrF3N2O2S. The van der Waals surface area contributed by atoms with Crippen molar-refractivity contribution < 1.29 is 21.6 Å². The largest absolute Gasteiger partial charge is 0.402 e. The molecule has 9 heteroatoms. The van der Waals surface area contributed by atoms with Gasteiger partial charge in [0.15, 0.2) is 0 Å². The van der Waals surface area contributed by atoms with E-state index in [2.05, 4.69) is 15.9 Å². The Kier molecular flexibility index (Phi) is 4.39. The van der Waals surface area contributed by atoms with Crippen molar-refractivity contribution in [3.05, 3.63) is 28.7 Å². The second kappa shape index (κ2) is 5.23. The van der Waals surface area contributed by atoms with Crippen LogP contribution in [0.4, 0.5) is 18.9 Å². The molecule has 0 fully saturated rings. The Morgan fingerprint density at radius 2 is 1.82 bits per heavy atom. The van der Waals surface area contributed by atoms with E-state index in [1.165, 1.54) is 10.8 Å². The number of para-hydroxylation sites is 1. The first-order valence-corrected chi connectivity index (χ1v) is 6.56. The van der Waals surface area contributed by atoms with Gasteiger partial charge in [0, 0.05) is 4.47 Å². The van der Waals surface area contributed by atoms with Crippen LogP contribution in [0.3, 0.4) is 0 Å². The van der Waals surface area contributed by atoms with E-state index < -0.39 is 22.9 Å². The SMILES string of the molecule is O=S(=O)(NCC(F)(F)F)Nc1ccccc1Br. The van der Waals surface area contributed by atoms with Gasteiger partial charge in [0.05, 0.1) is 5.69 Å². The summed E-state index contributed by atoms with van der Waals surface area (Å²) < 4.78 is 61.8. The van der Waals surface area contributed by atoms with Gasteiger partial charge in [0.2, 0.25) is 0 Å². The minimum Gasteiger partial charge on any atom is -0.270 e. The summed E-state index contributed by atoms with van der Waals surface area (Å²) in [6.45, 7) is -1.62. The third kappa shape index (κ3) is 5.37. The lowest BCUT2D eigenvalue weighted by Gasteiger charge is -2.11. The summed E-state index contributed by atoms with van der Waals surface area (Å²) in [6, 6.07) is 6.16. The standard InChI is InChI=1S/C8H8BrF3N2O2S/c9-6-3-1-2-4-7(6)14-17(15,16)13-5-8(10,11)12/h1-4,13-14H,5H2. The zero-order chi connectivity index (χ0) is 13.1. The summed E-state index contributed by atoms with van der Waals surface area (Å²) in [4.78, 5) is 0. The Hall–Kier alpha value is -0.800. The summed E-state index contributed by atoms with van der Waals surface area (Å²) in [5, 5.41) is 0. The molecule has 2 N–H and O–H groups in total. The van der Waals surface area contributed by atoms with Crippen molar-refractivity contribution in [2.24, 2.45) is 0 Å². The number of alkyl halides is 3. The summed E-state index contributed by atoms with van der Waals surface area (Å²) in [5.74, 6) is 0. The average molecular weight is 333 g/mol. The molecule has 0 aliphatic carbocycles. The van der Waals surface area contributed by atoms with Crippen LogP contribution in [0.2, 0.25) is 0 Å². The van der Waals surface area contributed by atoms with E-state index in [1.807, 2.05) is 4.72 Å². The summed E-state index contributed by atoms with van der Waals surface area (Å²) >= 11 is 3.06. The lowest BCUT2D eigenvalue weighted by molar-refractivity contribution is -0.121. The van der Waals surface area contributed by atoms with Crippen LogP contribution < -0.4 is 9.44 Å². The monoisotopic (exact) mass is 332 g/mol. The van der Waals surface area contributed by atoms with Gasteiger partial charge in [-0.1, -0.05) is 12.1 Å². The Labute approximate surface area is 105 Å². The molecule has 0 aliphatic rings. The highest BCUT2D eigenvalue weighted by molar-refractivity contribution is 9.10. The smallest absolute Gasteiger partial charge is 0.270 e. The second-order valence-corrected chi connectivity index (χ2v) is 5.38. The average Bonchev–Trinajstić information content (AvgIpc) is 2.18. The summed E-state index contributed by atoms with van der Waals surface area (Å²) in [6.07, 6.45) is -4.59. The topological polar surface area (TPSA) is 58.2 Å². The fourth-order valence-electron chi connectivity index (χ4n) is 0.902. The van der Waals surface area contributed by atoms with E-state index >= 15 is 0 Å². The van der Waals surface area contributed by atoms with E-state index in [9.17, 15) is 21.6 Å². The summed E-state index contributed by atoms with van der Waals surface area (Å²) in [5.41, 5.74) is 0.155. The normalized spacial score (nSPS) is 12.5. The van der Waals surface area contributed by atoms with Crippen LogP contribution in [0.1, 0.15) is 0 Å². The zero-order valence-electron chi connectivity index (χ0n) is 8.25. The van der Waals surface area contributed by atoms with Crippen LogP contribution in [-0.4, -0.2) is 21.1 Å². The number of halogens is 4. The third-order valence-corrected chi connectivity index (χ3v) is 3.29. The fraction of sp³-hybridized carbons (Fsp3) is 0.250. The third-order valence-electron chi connectivity index (χ3n) is 1.58. The van der Waals surface area contributed by atoms with Gasteiger partial charge in [-0.3, -0.25) is 4.72 Å². The first-order valence-electron chi connectivity index (χ1n) is 4.28. The molecule has 0 heterocycles. The molecule has 1 rings (SSSR count). The first kappa shape index (κ1) is 14.3. The van der Waals surface area contributed by atoms with Crippen molar-refractivity contribution in [1.29, 1.82) is 0 Å². The molecule has 0 saturated carbocycles. The molecule has 0 aromatic heterocycles. The quantitative estimate of drug-likeness (QED) is 0.888. The molecule has 0 unspecified atom stereocenters. The van der Waals surface area contributed by atoms with Gasteiger partial charge in [-0.25, -0.2) is 0 Å². The minimum absolute atomic E-state index is 0.155. The molecule has 0 atom stereocenters. The molecular weight excluding hydrogens is 325 g/mol. The maximum absolute atomic E-state index is 11.8. The maximum Gasteiger partial charge on any atom is 0.402 e. The van der Waals surface area contributed by atoms with Crippen molar-refractivity contribution in [1.82, 2.24) is 4.72 Å². The number of hydrogen-bond donors (Lipinski definition) is 2. The Morgan fingerprint density at radius 1 is 1.24 bits per heavy atom. The number of hydrogen-bond acceptors (Lipinski definition) is 2. The molecule has 0 aliphatic heterocycles. The predicted octanol–water partition coefficient (Wildman–Crippen LogP) is 2.26. The second-order valence-electron chi connectivity index (χ2n) is 3.02. The molecule has 17 heavy (non-hydrogen) atoms. The first-order chi connectivity index (χ1) is 7.70. The molecule has 0 spiro atoms. The molecule has 0 bridgehead atoms. The summed E-state index contributed by atoms with van der Waals surface area (Å²) in [7, 11) is -4.24. The number of anilines is 1. The molecule has 1 aromatic carbocycles. The van der Waals surface area contributed by atoms with Crippen LogP contribution in [0, 0.1) is 0 Å². The molecule has 0 amide bonds. The van der Waals surface area contributed by atoms with Gasteiger partial charge in [0.25, 0.3) is 10.2 Å². The van der Waals surface area contributed by atoms with Crippen molar-refractivity contribution in [2.45, 2.75) is 6.18 Å². The predicted molar refractivity (Wildman–Crippen MR) is 60.7 cm³/mol. The highest BCUT2D eigenvalue weighted by Gasteiger charge is 2.29. The van der Waals surface area contributed by atoms with Crippen molar-refractivity contribution in [2.75, 3.05) is 11.3 Å². The van der Waals surface area contributed by atoms with Crippen LogP contribution in [0.25, 0.3) is 0 Å². The van der Waals surface area contributed by atoms with E-state index in [0.29, 0.717) is 4.47 Å². The Bertz CT molecular complexity index is 490. The van der Waals surface area contributed by atoms with Crippen molar-refractivity contribution >= 4 is 31.8 Å². The van der Waals surface area contributed by atoms with Gasteiger partial charge >= 0.3 is 6.18 Å². The van der Waals surface area contributed by atoms with Crippen LogP contribution in [-0.2, 0) is 10.2 Å². The van der Waals surface area contributed by atoms with Crippen molar-refractivity contribution in [3.8, 4) is 0 Å². The van der Waals surface area contributed by atoms with E-state index in [0.717, 1.165) is 0 Å². The van der Waals surface area contributed by atoms with Crippen LogP contribution in [0.15, 0.2) is 28.7 Å². The Balaban J connectivity index is 2.71. The fourth-order valence-corrected chi connectivity index (χ4v) is 2.31. The minimum atomic E-state index is -4.59. The zero-order valence-corrected chi connectivity index (χ0v) is 10.7. The maximum atomic E-state index is 11.8. The highest BCUT2D eigenvalue weighted by atomic mass is 79.9. The molecule has 1 aromatic rings. The lowest BCUT2D eigenvalue weighted by Crippen LogP contribution is -2.37. The molecule has 0 saturated heterocycles. The van der Waals surface area contributed by atoms with Crippen molar-refractivity contribution in [3.63, 3.8) is 0 Å². The lowest BCUT2D eigenvalue weighted by atomic mass is 10.3.